The standard InChI is InChI=1S/C7H9NO6S.H2O/c8-7-3(4(7)6(11)12)2(5(9)10)1-15(7,13)14;/h2-4H,1,8H2,(H,9,10)(H,11,12);1H2. The molecule has 1 saturated carbocycles. The summed E-state index contributed by atoms with van der Waals surface area (Å²) in [6, 6.07) is 0. The molecule has 0 aromatic heterocycles. The van der Waals surface area contributed by atoms with Gasteiger partial charge in [-0.25, -0.2) is 8.42 Å². The predicted molar refractivity (Wildman–Crippen MR) is 50.1 cm³/mol. The second-order valence-electron chi connectivity index (χ2n) is 3.92. The summed E-state index contributed by atoms with van der Waals surface area (Å²) < 4.78 is 23.0. The van der Waals surface area contributed by atoms with Crippen LogP contribution < -0.4 is 5.73 Å². The number of hydrogen-bond acceptors (Lipinski definition) is 5. The first-order valence-corrected chi connectivity index (χ1v) is 5.85. The fourth-order valence-corrected chi connectivity index (χ4v) is 4.81. The summed E-state index contributed by atoms with van der Waals surface area (Å²) in [7, 11) is -3.82. The Morgan fingerprint density at radius 3 is 2.06 bits per heavy atom. The Bertz CT molecular complexity index is 441. The average molecular weight is 253 g/mol. The van der Waals surface area contributed by atoms with Crippen molar-refractivity contribution in [1.29, 1.82) is 0 Å². The van der Waals surface area contributed by atoms with Gasteiger partial charge in [0.2, 0.25) is 0 Å². The van der Waals surface area contributed by atoms with Crippen LogP contribution in [0.2, 0.25) is 0 Å². The number of nitrogens with two attached hydrogens (primary N) is 1. The van der Waals surface area contributed by atoms with Gasteiger partial charge in [0.15, 0.2) is 9.84 Å². The highest BCUT2D eigenvalue weighted by Crippen LogP contribution is 2.62. The van der Waals surface area contributed by atoms with E-state index in [9.17, 15) is 18.0 Å². The lowest BCUT2D eigenvalue weighted by Gasteiger charge is -2.08. The molecule has 0 spiro atoms. The predicted octanol–water partition coefficient (Wildman–Crippen LogP) is -2.72. The van der Waals surface area contributed by atoms with Crippen LogP contribution in [0.5, 0.6) is 0 Å². The molecule has 8 nitrogen and oxygen atoms in total. The van der Waals surface area contributed by atoms with Crippen LogP contribution in [0.15, 0.2) is 0 Å². The SMILES string of the molecule is NC12C(C(=O)O)C1C(C(=O)O)CS2(=O)=O.O. The fourth-order valence-electron chi connectivity index (χ4n) is 2.41. The summed E-state index contributed by atoms with van der Waals surface area (Å²) in [5, 5.41) is 17.5. The van der Waals surface area contributed by atoms with Crippen molar-refractivity contribution in [1.82, 2.24) is 0 Å². The van der Waals surface area contributed by atoms with Gasteiger partial charge in [-0.15, -0.1) is 0 Å². The Hall–Kier alpha value is -1.19. The molecule has 2 fully saturated rings. The van der Waals surface area contributed by atoms with Gasteiger partial charge < -0.3 is 21.4 Å². The van der Waals surface area contributed by atoms with Gasteiger partial charge in [-0.1, -0.05) is 0 Å². The summed E-state index contributed by atoms with van der Waals surface area (Å²) in [5.41, 5.74) is 5.47. The number of carbonyl (C=O) groups is 2. The molecule has 0 aromatic rings. The number of rotatable bonds is 2. The first kappa shape index (κ1) is 12.9. The molecule has 1 aliphatic heterocycles. The molecule has 16 heavy (non-hydrogen) atoms. The number of carboxylic acid groups (broad SMARTS) is 2. The van der Waals surface area contributed by atoms with Crippen molar-refractivity contribution in [2.75, 3.05) is 5.75 Å². The Kier molecular flexibility index (Phi) is 2.54. The highest BCUT2D eigenvalue weighted by atomic mass is 32.2. The normalized spacial score (nSPS) is 42.9. The number of carboxylic acids is 2. The Balaban J connectivity index is 0.00000128. The van der Waals surface area contributed by atoms with E-state index in [0.29, 0.717) is 0 Å². The van der Waals surface area contributed by atoms with Crippen molar-refractivity contribution < 1.29 is 33.7 Å². The van der Waals surface area contributed by atoms with Crippen LogP contribution in [-0.2, 0) is 19.4 Å². The molecule has 6 N–H and O–H groups in total. The van der Waals surface area contributed by atoms with Crippen molar-refractivity contribution in [2.24, 2.45) is 23.5 Å². The van der Waals surface area contributed by atoms with Gasteiger partial charge in [0.1, 0.15) is 4.87 Å². The Labute approximate surface area is 90.3 Å². The summed E-state index contributed by atoms with van der Waals surface area (Å²) >= 11 is 0. The van der Waals surface area contributed by atoms with Crippen LogP contribution in [0.3, 0.4) is 0 Å². The molecule has 9 heteroatoms. The van der Waals surface area contributed by atoms with E-state index in [-0.39, 0.29) is 5.48 Å². The summed E-state index contributed by atoms with van der Waals surface area (Å²) in [6.07, 6.45) is 0. The van der Waals surface area contributed by atoms with Crippen molar-refractivity contribution in [3.63, 3.8) is 0 Å². The minimum atomic E-state index is -3.82. The van der Waals surface area contributed by atoms with Crippen LogP contribution in [0.1, 0.15) is 0 Å². The van der Waals surface area contributed by atoms with Crippen LogP contribution in [0.25, 0.3) is 0 Å². The zero-order chi connectivity index (χ0) is 11.6. The number of aliphatic carboxylic acids is 2. The fraction of sp³-hybridized carbons (Fsp3) is 0.714. The van der Waals surface area contributed by atoms with Gasteiger partial charge in [-0.05, 0) is 0 Å². The molecule has 0 radical (unpaired) electrons. The molecule has 1 aliphatic carbocycles. The first-order valence-electron chi connectivity index (χ1n) is 4.20. The number of fused-ring (bicyclic) bond motifs is 1. The van der Waals surface area contributed by atoms with E-state index < -0.39 is 50.2 Å². The third kappa shape index (κ3) is 1.19. The van der Waals surface area contributed by atoms with Crippen LogP contribution >= 0.6 is 0 Å². The Morgan fingerprint density at radius 2 is 1.75 bits per heavy atom. The van der Waals surface area contributed by atoms with E-state index in [0.717, 1.165) is 0 Å². The molecule has 1 saturated heterocycles. The van der Waals surface area contributed by atoms with E-state index in [1.54, 1.807) is 0 Å². The quantitative estimate of drug-likeness (QED) is 0.480. The molecular weight excluding hydrogens is 242 g/mol. The largest absolute Gasteiger partial charge is 0.481 e. The minimum Gasteiger partial charge on any atom is -0.481 e. The van der Waals surface area contributed by atoms with Gasteiger partial charge >= 0.3 is 11.9 Å². The second kappa shape index (κ2) is 3.15. The van der Waals surface area contributed by atoms with E-state index in [2.05, 4.69) is 0 Å². The van der Waals surface area contributed by atoms with Crippen molar-refractivity contribution in [3.8, 4) is 0 Å². The Morgan fingerprint density at radius 1 is 1.25 bits per heavy atom. The summed E-state index contributed by atoms with van der Waals surface area (Å²) in [4.78, 5) is 19.6. The maximum absolute atomic E-state index is 11.5. The number of hydrogen-bond donors (Lipinski definition) is 3. The lowest BCUT2D eigenvalue weighted by molar-refractivity contribution is -0.142. The van der Waals surface area contributed by atoms with Gasteiger partial charge in [-0.2, -0.15) is 0 Å². The van der Waals surface area contributed by atoms with Gasteiger partial charge in [0.25, 0.3) is 0 Å². The molecule has 2 rings (SSSR count). The van der Waals surface area contributed by atoms with Gasteiger partial charge in [-0.3, -0.25) is 9.59 Å². The maximum atomic E-state index is 11.5. The van der Waals surface area contributed by atoms with Gasteiger partial charge in [0.05, 0.1) is 17.6 Å². The molecule has 2 aliphatic rings. The monoisotopic (exact) mass is 253 g/mol. The summed E-state index contributed by atoms with van der Waals surface area (Å²) in [5.74, 6) is -6.68. The van der Waals surface area contributed by atoms with Crippen molar-refractivity contribution in [3.05, 3.63) is 0 Å². The van der Waals surface area contributed by atoms with E-state index >= 15 is 0 Å². The first-order chi connectivity index (χ1) is 6.73. The van der Waals surface area contributed by atoms with Crippen molar-refractivity contribution in [2.45, 2.75) is 4.87 Å². The number of sulfone groups is 1. The highest BCUT2D eigenvalue weighted by molar-refractivity contribution is 7.93. The lowest BCUT2D eigenvalue weighted by Crippen LogP contribution is -2.37. The molecule has 4 unspecified atom stereocenters. The summed E-state index contributed by atoms with van der Waals surface area (Å²) in [6.45, 7) is 0. The zero-order valence-electron chi connectivity index (χ0n) is 7.95. The van der Waals surface area contributed by atoms with E-state index in [1.807, 2.05) is 0 Å². The lowest BCUT2D eigenvalue weighted by atomic mass is 10.1. The van der Waals surface area contributed by atoms with Gasteiger partial charge in [0, 0.05) is 5.92 Å². The zero-order valence-corrected chi connectivity index (χ0v) is 8.77. The van der Waals surface area contributed by atoms with E-state index in [4.69, 9.17) is 15.9 Å². The van der Waals surface area contributed by atoms with Crippen LogP contribution in [0.4, 0.5) is 0 Å². The van der Waals surface area contributed by atoms with Crippen molar-refractivity contribution >= 4 is 21.8 Å². The maximum Gasteiger partial charge on any atom is 0.309 e. The highest BCUT2D eigenvalue weighted by Gasteiger charge is 2.81. The molecule has 0 aromatic carbocycles. The second-order valence-corrected chi connectivity index (χ2v) is 6.19. The molecular formula is C7H11NO7S. The van der Waals surface area contributed by atoms with E-state index in [1.165, 1.54) is 0 Å². The average Bonchev–Trinajstić information content (AvgIpc) is 2.63. The molecule has 92 valence electrons. The third-order valence-electron chi connectivity index (χ3n) is 3.21. The molecule has 4 atom stereocenters. The topological polar surface area (TPSA) is 166 Å². The van der Waals surface area contributed by atoms with Crippen LogP contribution in [-0.4, -0.2) is 46.7 Å². The molecule has 0 amide bonds. The molecule has 0 bridgehead atoms. The minimum absolute atomic E-state index is 0. The smallest absolute Gasteiger partial charge is 0.309 e. The molecule has 1 heterocycles. The van der Waals surface area contributed by atoms with Crippen LogP contribution in [0, 0.1) is 17.8 Å². The third-order valence-corrected chi connectivity index (χ3v) is 5.61.